The van der Waals surface area contributed by atoms with Gasteiger partial charge in [-0.05, 0) is 0 Å². The predicted octanol–water partition coefficient (Wildman–Crippen LogP) is -1.14. The molecule has 0 heterocycles. The first-order valence-corrected chi connectivity index (χ1v) is 6.30. The van der Waals surface area contributed by atoms with Gasteiger partial charge in [-0.3, -0.25) is 9.59 Å². The van der Waals surface area contributed by atoms with Crippen LogP contribution in [0, 0.1) is 0 Å². The van der Waals surface area contributed by atoms with Gasteiger partial charge in [-0.15, -0.1) is 0 Å². The molecule has 124 valence electrons. The van der Waals surface area contributed by atoms with E-state index in [4.69, 9.17) is 14.6 Å². The SMILES string of the molecule is COCCN(CCOC)C(=O)C(=O)COC(=O)/C=C/C(=O)O. The number of methoxy groups -OCH3 is 2. The van der Waals surface area contributed by atoms with Crippen molar-refractivity contribution in [1.82, 2.24) is 4.90 Å². The lowest BCUT2D eigenvalue weighted by atomic mass is 10.3. The van der Waals surface area contributed by atoms with Gasteiger partial charge in [-0.1, -0.05) is 0 Å². The van der Waals surface area contributed by atoms with Crippen molar-refractivity contribution in [3.05, 3.63) is 12.2 Å². The van der Waals surface area contributed by atoms with Crippen molar-refractivity contribution in [2.75, 3.05) is 47.1 Å². The number of Topliss-reactive ketones (excluding diaryl/α,β-unsaturated/α-hetero) is 1. The van der Waals surface area contributed by atoms with E-state index >= 15 is 0 Å². The number of ketones is 1. The van der Waals surface area contributed by atoms with Crippen LogP contribution in [-0.4, -0.2) is 80.8 Å². The van der Waals surface area contributed by atoms with Gasteiger partial charge < -0.3 is 24.2 Å². The summed E-state index contributed by atoms with van der Waals surface area (Å²) < 4.78 is 14.2. The van der Waals surface area contributed by atoms with Crippen LogP contribution in [0.3, 0.4) is 0 Å². The van der Waals surface area contributed by atoms with Gasteiger partial charge in [0.05, 0.1) is 13.2 Å². The second-order valence-corrected chi connectivity index (χ2v) is 3.98. The second-order valence-electron chi connectivity index (χ2n) is 3.98. The van der Waals surface area contributed by atoms with Crippen molar-refractivity contribution >= 4 is 23.6 Å². The van der Waals surface area contributed by atoms with Gasteiger partial charge >= 0.3 is 11.9 Å². The molecule has 0 unspecified atom stereocenters. The third kappa shape index (κ3) is 8.82. The molecule has 0 aliphatic heterocycles. The smallest absolute Gasteiger partial charge is 0.331 e. The predicted molar refractivity (Wildman–Crippen MR) is 73.1 cm³/mol. The van der Waals surface area contributed by atoms with Gasteiger partial charge in [0.1, 0.15) is 0 Å². The van der Waals surface area contributed by atoms with E-state index in [1.165, 1.54) is 19.1 Å². The summed E-state index contributed by atoms with van der Waals surface area (Å²) in [6.45, 7) is 0.0976. The molecule has 0 aromatic heterocycles. The van der Waals surface area contributed by atoms with Crippen LogP contribution in [0.5, 0.6) is 0 Å². The summed E-state index contributed by atoms with van der Waals surface area (Å²) in [7, 11) is 2.91. The fraction of sp³-hybridized carbons (Fsp3) is 0.538. The van der Waals surface area contributed by atoms with Crippen molar-refractivity contribution in [3.8, 4) is 0 Å². The number of nitrogens with zero attached hydrogens (tertiary/aromatic N) is 1. The highest BCUT2D eigenvalue weighted by Gasteiger charge is 2.22. The molecule has 9 heteroatoms. The monoisotopic (exact) mass is 317 g/mol. The average molecular weight is 317 g/mol. The maximum Gasteiger partial charge on any atom is 0.331 e. The number of aliphatic carboxylic acids is 1. The molecule has 0 rings (SSSR count). The molecule has 9 nitrogen and oxygen atoms in total. The molecule has 22 heavy (non-hydrogen) atoms. The van der Waals surface area contributed by atoms with Crippen molar-refractivity contribution in [2.45, 2.75) is 0 Å². The zero-order valence-corrected chi connectivity index (χ0v) is 12.4. The first-order valence-electron chi connectivity index (χ1n) is 6.30. The summed E-state index contributed by atoms with van der Waals surface area (Å²) >= 11 is 0. The van der Waals surface area contributed by atoms with E-state index in [-0.39, 0.29) is 26.3 Å². The molecule has 0 aliphatic carbocycles. The number of amides is 1. The molecule has 0 aromatic carbocycles. The van der Waals surface area contributed by atoms with Crippen LogP contribution in [0.25, 0.3) is 0 Å². The van der Waals surface area contributed by atoms with Gasteiger partial charge in [0.15, 0.2) is 6.61 Å². The van der Waals surface area contributed by atoms with Crippen molar-refractivity contribution in [1.29, 1.82) is 0 Å². The number of esters is 1. The lowest BCUT2D eigenvalue weighted by molar-refractivity contribution is -0.151. The van der Waals surface area contributed by atoms with E-state index in [9.17, 15) is 19.2 Å². The van der Waals surface area contributed by atoms with E-state index in [1.807, 2.05) is 0 Å². The minimum atomic E-state index is -1.33. The van der Waals surface area contributed by atoms with Gasteiger partial charge in [0.2, 0.25) is 0 Å². The summed E-state index contributed by atoms with van der Waals surface area (Å²) in [5.74, 6) is -4.11. The molecule has 0 fully saturated rings. The van der Waals surface area contributed by atoms with Crippen LogP contribution in [0.4, 0.5) is 0 Å². The molecule has 0 saturated carbocycles. The van der Waals surface area contributed by atoms with Gasteiger partial charge in [0, 0.05) is 39.5 Å². The van der Waals surface area contributed by atoms with Crippen molar-refractivity contribution in [3.63, 3.8) is 0 Å². The summed E-state index contributed by atoms with van der Waals surface area (Å²) in [5, 5.41) is 8.32. The Morgan fingerprint density at radius 2 is 1.55 bits per heavy atom. The fourth-order valence-electron chi connectivity index (χ4n) is 1.28. The summed E-state index contributed by atoms with van der Waals surface area (Å²) in [5.41, 5.74) is 0. The number of ether oxygens (including phenoxy) is 3. The molecular weight excluding hydrogens is 298 g/mol. The number of carbonyl (C=O) groups excluding carboxylic acids is 3. The summed E-state index contributed by atoms with van der Waals surface area (Å²) in [6.07, 6.45) is 1.21. The topological polar surface area (TPSA) is 119 Å². The van der Waals surface area contributed by atoms with E-state index in [0.29, 0.717) is 12.2 Å². The highest BCUT2D eigenvalue weighted by atomic mass is 16.5. The summed E-state index contributed by atoms with van der Waals surface area (Å²) in [4.78, 5) is 46.1. The van der Waals surface area contributed by atoms with Crippen LogP contribution in [0.15, 0.2) is 12.2 Å². The van der Waals surface area contributed by atoms with Crippen LogP contribution in [0.2, 0.25) is 0 Å². The Labute approximate surface area is 127 Å². The molecule has 0 aromatic rings. The fourth-order valence-corrected chi connectivity index (χ4v) is 1.28. The standard InChI is InChI=1S/C13H19NO8/c1-20-7-5-14(6-8-21-2)13(19)10(15)9-22-12(18)4-3-11(16)17/h3-4H,5-9H2,1-2H3,(H,16,17)/b4-3+. The molecule has 1 N–H and O–H groups in total. The zero-order valence-electron chi connectivity index (χ0n) is 12.4. The number of hydrogen-bond acceptors (Lipinski definition) is 7. The minimum absolute atomic E-state index is 0.192. The van der Waals surface area contributed by atoms with Crippen LogP contribution in [-0.2, 0) is 33.4 Å². The van der Waals surface area contributed by atoms with Crippen molar-refractivity contribution < 1.29 is 38.5 Å². The van der Waals surface area contributed by atoms with E-state index in [1.54, 1.807) is 0 Å². The minimum Gasteiger partial charge on any atom is -0.478 e. The van der Waals surface area contributed by atoms with Gasteiger partial charge in [0.25, 0.3) is 11.7 Å². The average Bonchev–Trinajstić information content (AvgIpc) is 2.50. The molecule has 0 atom stereocenters. The van der Waals surface area contributed by atoms with E-state index in [2.05, 4.69) is 4.74 Å². The number of hydrogen-bond donors (Lipinski definition) is 1. The third-order valence-corrected chi connectivity index (χ3v) is 2.36. The number of carboxylic acid groups (broad SMARTS) is 1. The largest absolute Gasteiger partial charge is 0.478 e. The Morgan fingerprint density at radius 3 is 2.00 bits per heavy atom. The maximum atomic E-state index is 11.9. The molecule has 1 amide bonds. The lowest BCUT2D eigenvalue weighted by Gasteiger charge is -2.20. The van der Waals surface area contributed by atoms with Crippen LogP contribution in [0.1, 0.15) is 0 Å². The first kappa shape index (κ1) is 19.7. The molecule has 0 bridgehead atoms. The molecule has 0 aliphatic rings. The highest BCUT2D eigenvalue weighted by molar-refractivity contribution is 6.36. The number of carboxylic acids is 1. The Hall–Kier alpha value is -2.26. The lowest BCUT2D eigenvalue weighted by Crippen LogP contribution is -2.42. The number of rotatable bonds is 11. The third-order valence-electron chi connectivity index (χ3n) is 2.36. The van der Waals surface area contributed by atoms with Gasteiger partial charge in [-0.2, -0.15) is 0 Å². The quantitative estimate of drug-likeness (QED) is 0.288. The Morgan fingerprint density at radius 1 is 1.00 bits per heavy atom. The van der Waals surface area contributed by atoms with Crippen LogP contribution < -0.4 is 0 Å². The van der Waals surface area contributed by atoms with E-state index in [0.717, 1.165) is 0 Å². The number of carbonyl (C=O) groups is 4. The molecule has 0 radical (unpaired) electrons. The zero-order chi connectivity index (χ0) is 17.0. The second kappa shape index (κ2) is 11.4. The summed E-state index contributed by atoms with van der Waals surface area (Å²) in [6, 6.07) is 0. The van der Waals surface area contributed by atoms with Crippen molar-refractivity contribution in [2.24, 2.45) is 0 Å². The van der Waals surface area contributed by atoms with Crippen LogP contribution >= 0.6 is 0 Å². The Kier molecular flexibility index (Phi) is 10.2. The van der Waals surface area contributed by atoms with Gasteiger partial charge in [-0.25, -0.2) is 9.59 Å². The Balaban J connectivity index is 4.43. The highest BCUT2D eigenvalue weighted by Crippen LogP contribution is 1.94. The molecule has 0 saturated heterocycles. The van der Waals surface area contributed by atoms with E-state index < -0.39 is 30.2 Å². The maximum absolute atomic E-state index is 11.9. The molecular formula is C13H19NO8. The normalized spacial score (nSPS) is 10.5. The molecule has 0 spiro atoms. The Bertz CT molecular complexity index is 424. The first-order chi connectivity index (χ1) is 10.4.